The maximum Gasteiger partial charge on any atom is 0.319 e. The Morgan fingerprint density at radius 3 is 2.37 bits per heavy atom. The van der Waals surface area contributed by atoms with Crippen LogP contribution in [0.15, 0.2) is 36.5 Å². The molecule has 0 saturated heterocycles. The van der Waals surface area contributed by atoms with Gasteiger partial charge in [-0.25, -0.2) is 4.79 Å². The van der Waals surface area contributed by atoms with E-state index in [-0.39, 0.29) is 11.6 Å². The van der Waals surface area contributed by atoms with Gasteiger partial charge >= 0.3 is 6.03 Å². The van der Waals surface area contributed by atoms with Gasteiger partial charge in [0.2, 0.25) is 0 Å². The zero-order chi connectivity index (χ0) is 13.9. The maximum absolute atomic E-state index is 11.7. The third kappa shape index (κ3) is 3.84. The molecule has 0 fully saturated rings. The van der Waals surface area contributed by atoms with E-state index in [9.17, 15) is 4.79 Å². The minimum absolute atomic E-state index is 0.207. The highest BCUT2D eigenvalue weighted by Gasteiger charge is 2.13. The number of nitrogens with one attached hydrogen (secondary N) is 3. The highest BCUT2D eigenvalue weighted by molar-refractivity contribution is 5.89. The lowest BCUT2D eigenvalue weighted by atomic mass is 10.1. The van der Waals surface area contributed by atoms with E-state index in [0.29, 0.717) is 0 Å². The van der Waals surface area contributed by atoms with E-state index in [0.717, 1.165) is 16.9 Å². The second kappa shape index (κ2) is 5.14. The normalized spacial score (nSPS) is 11.1. The number of hydrogen-bond acceptors (Lipinski definition) is 2. The number of amides is 2. The molecule has 100 valence electrons. The van der Waals surface area contributed by atoms with Crippen LogP contribution in [0.5, 0.6) is 0 Å². The predicted molar refractivity (Wildman–Crippen MR) is 75.9 cm³/mol. The maximum atomic E-state index is 11.7. The van der Waals surface area contributed by atoms with Gasteiger partial charge in [-0.3, -0.25) is 5.10 Å². The first-order chi connectivity index (χ1) is 8.94. The number of aromatic nitrogens is 2. The topological polar surface area (TPSA) is 69.8 Å². The first-order valence-corrected chi connectivity index (χ1v) is 6.13. The van der Waals surface area contributed by atoms with Crippen LogP contribution in [0.3, 0.4) is 0 Å². The average molecular weight is 258 g/mol. The largest absolute Gasteiger partial charge is 0.333 e. The molecule has 0 unspecified atom stereocenters. The molecule has 2 amide bonds. The van der Waals surface area contributed by atoms with Crippen LogP contribution in [-0.4, -0.2) is 21.8 Å². The molecule has 0 atom stereocenters. The van der Waals surface area contributed by atoms with Gasteiger partial charge in [-0.1, -0.05) is 12.1 Å². The second-order valence-electron chi connectivity index (χ2n) is 5.38. The van der Waals surface area contributed by atoms with Crippen LogP contribution in [0.2, 0.25) is 0 Å². The van der Waals surface area contributed by atoms with Crippen molar-refractivity contribution in [3.63, 3.8) is 0 Å². The van der Waals surface area contributed by atoms with Crippen molar-refractivity contribution in [2.75, 3.05) is 5.32 Å². The lowest BCUT2D eigenvalue weighted by Crippen LogP contribution is -2.43. The Bertz CT molecular complexity index is 538. The Morgan fingerprint density at radius 1 is 1.16 bits per heavy atom. The van der Waals surface area contributed by atoms with Crippen molar-refractivity contribution in [1.82, 2.24) is 15.5 Å². The molecule has 1 aromatic carbocycles. The number of hydrogen-bond donors (Lipinski definition) is 3. The summed E-state index contributed by atoms with van der Waals surface area (Å²) in [6.07, 6.45) is 1.71. The van der Waals surface area contributed by atoms with Gasteiger partial charge in [0.25, 0.3) is 0 Å². The van der Waals surface area contributed by atoms with Gasteiger partial charge in [0, 0.05) is 17.4 Å². The van der Waals surface area contributed by atoms with E-state index in [1.54, 1.807) is 6.20 Å². The number of urea groups is 1. The van der Waals surface area contributed by atoms with Gasteiger partial charge in [-0.05, 0) is 44.5 Å². The lowest BCUT2D eigenvalue weighted by molar-refractivity contribution is 0.244. The Kier molecular flexibility index (Phi) is 3.55. The molecule has 5 heteroatoms. The van der Waals surface area contributed by atoms with Crippen LogP contribution in [-0.2, 0) is 0 Å². The fraction of sp³-hybridized carbons (Fsp3) is 0.286. The monoisotopic (exact) mass is 258 g/mol. The molecule has 19 heavy (non-hydrogen) atoms. The lowest BCUT2D eigenvalue weighted by Gasteiger charge is -2.20. The van der Waals surface area contributed by atoms with E-state index in [1.807, 2.05) is 51.1 Å². The predicted octanol–water partition coefficient (Wildman–Crippen LogP) is 3.00. The summed E-state index contributed by atoms with van der Waals surface area (Å²) in [7, 11) is 0. The summed E-state index contributed by atoms with van der Waals surface area (Å²) in [5.41, 5.74) is 2.48. The van der Waals surface area contributed by atoms with Crippen LogP contribution < -0.4 is 10.6 Å². The summed E-state index contributed by atoms with van der Waals surface area (Å²) in [5.74, 6) is 0. The van der Waals surface area contributed by atoms with Gasteiger partial charge in [-0.2, -0.15) is 5.10 Å². The minimum Gasteiger partial charge on any atom is -0.333 e. The molecule has 0 saturated carbocycles. The zero-order valence-electron chi connectivity index (χ0n) is 11.3. The molecular weight excluding hydrogens is 240 g/mol. The van der Waals surface area contributed by atoms with E-state index in [4.69, 9.17) is 0 Å². The van der Waals surface area contributed by atoms with Crippen LogP contribution in [0, 0.1) is 0 Å². The van der Waals surface area contributed by atoms with E-state index in [1.165, 1.54) is 0 Å². The molecule has 5 nitrogen and oxygen atoms in total. The van der Waals surface area contributed by atoms with E-state index >= 15 is 0 Å². The number of carbonyl (C=O) groups excluding carboxylic acids is 1. The number of nitrogens with zero attached hydrogens (tertiary/aromatic N) is 1. The average Bonchev–Trinajstić information content (AvgIpc) is 2.80. The molecule has 0 spiro atoms. The Morgan fingerprint density at radius 2 is 1.84 bits per heavy atom. The summed E-state index contributed by atoms with van der Waals surface area (Å²) in [4.78, 5) is 11.7. The van der Waals surface area contributed by atoms with Crippen molar-refractivity contribution in [2.45, 2.75) is 26.3 Å². The summed E-state index contributed by atoms with van der Waals surface area (Å²) in [6, 6.07) is 9.27. The first kappa shape index (κ1) is 13.1. The van der Waals surface area contributed by atoms with Gasteiger partial charge in [0.15, 0.2) is 0 Å². The Hall–Kier alpha value is -2.30. The fourth-order valence-corrected chi connectivity index (χ4v) is 1.65. The summed E-state index contributed by atoms with van der Waals surface area (Å²) < 4.78 is 0. The molecule has 2 aromatic rings. The number of benzene rings is 1. The molecule has 0 radical (unpaired) electrons. The van der Waals surface area contributed by atoms with E-state index in [2.05, 4.69) is 20.8 Å². The van der Waals surface area contributed by atoms with Gasteiger partial charge in [0.05, 0.1) is 5.69 Å². The zero-order valence-corrected chi connectivity index (χ0v) is 11.3. The molecule has 3 N–H and O–H groups in total. The summed E-state index contributed by atoms with van der Waals surface area (Å²) in [5, 5.41) is 12.4. The minimum atomic E-state index is -0.250. The highest BCUT2D eigenvalue weighted by atomic mass is 16.2. The number of rotatable bonds is 2. The van der Waals surface area contributed by atoms with Crippen molar-refractivity contribution in [2.24, 2.45) is 0 Å². The quantitative estimate of drug-likeness (QED) is 0.775. The number of aromatic amines is 1. The molecular formula is C14H18N4O. The van der Waals surface area contributed by atoms with Crippen molar-refractivity contribution < 1.29 is 4.79 Å². The van der Waals surface area contributed by atoms with Crippen molar-refractivity contribution >= 4 is 11.7 Å². The van der Waals surface area contributed by atoms with Crippen LogP contribution in [0.25, 0.3) is 11.3 Å². The van der Waals surface area contributed by atoms with Crippen LogP contribution >= 0.6 is 0 Å². The van der Waals surface area contributed by atoms with E-state index < -0.39 is 0 Å². The van der Waals surface area contributed by atoms with Gasteiger partial charge in [-0.15, -0.1) is 0 Å². The van der Waals surface area contributed by atoms with Gasteiger partial charge in [0.1, 0.15) is 0 Å². The fourth-order valence-electron chi connectivity index (χ4n) is 1.65. The first-order valence-electron chi connectivity index (χ1n) is 6.13. The third-order valence-electron chi connectivity index (χ3n) is 2.44. The van der Waals surface area contributed by atoms with Crippen LogP contribution in [0.1, 0.15) is 20.8 Å². The molecule has 0 aliphatic carbocycles. The van der Waals surface area contributed by atoms with Crippen molar-refractivity contribution in [3.8, 4) is 11.3 Å². The number of carbonyl (C=O) groups is 1. The Labute approximate surface area is 112 Å². The van der Waals surface area contributed by atoms with Crippen molar-refractivity contribution in [1.29, 1.82) is 0 Å². The molecule has 1 heterocycles. The molecule has 0 bridgehead atoms. The smallest absolute Gasteiger partial charge is 0.319 e. The third-order valence-corrected chi connectivity index (χ3v) is 2.44. The second-order valence-corrected chi connectivity index (χ2v) is 5.38. The SMILES string of the molecule is CC(C)(C)NC(=O)Nc1ccc(-c2ccn[nH]2)cc1. The summed E-state index contributed by atoms with van der Waals surface area (Å²) >= 11 is 0. The number of anilines is 1. The molecule has 1 aromatic heterocycles. The standard InChI is InChI=1S/C14H18N4O/c1-14(2,3)17-13(19)16-11-6-4-10(5-7-11)12-8-9-15-18-12/h4-9H,1-3H3,(H,15,18)(H2,16,17,19). The molecule has 0 aliphatic rings. The molecule has 0 aliphatic heterocycles. The number of H-pyrrole nitrogens is 1. The highest BCUT2D eigenvalue weighted by Crippen LogP contribution is 2.18. The Balaban J connectivity index is 2.01. The van der Waals surface area contributed by atoms with Crippen LogP contribution in [0.4, 0.5) is 10.5 Å². The van der Waals surface area contributed by atoms with Crippen molar-refractivity contribution in [3.05, 3.63) is 36.5 Å². The van der Waals surface area contributed by atoms with Gasteiger partial charge < -0.3 is 10.6 Å². The summed E-state index contributed by atoms with van der Waals surface area (Å²) in [6.45, 7) is 5.82. The molecule has 2 rings (SSSR count).